The van der Waals surface area contributed by atoms with Crippen molar-refractivity contribution < 1.29 is 9.53 Å². The molecule has 0 atom stereocenters. The van der Waals surface area contributed by atoms with Crippen molar-refractivity contribution in [3.8, 4) is 5.75 Å². The van der Waals surface area contributed by atoms with Gasteiger partial charge in [0.05, 0.1) is 0 Å². The van der Waals surface area contributed by atoms with Crippen LogP contribution in [0.15, 0.2) is 42.5 Å². The Morgan fingerprint density at radius 1 is 1.05 bits per heavy atom. The quantitative estimate of drug-likeness (QED) is 0.826. The van der Waals surface area contributed by atoms with Crippen molar-refractivity contribution in [1.82, 2.24) is 0 Å². The molecular formula is C17H17ClO2. The molecule has 0 aliphatic carbocycles. The molecular weight excluding hydrogens is 272 g/mol. The Labute approximate surface area is 124 Å². The first kappa shape index (κ1) is 14.6. The topological polar surface area (TPSA) is 26.3 Å². The maximum Gasteiger partial charge on any atom is 0.174 e. The third kappa shape index (κ3) is 3.84. The minimum absolute atomic E-state index is 0.0670. The Bertz CT molecular complexity index is 583. The van der Waals surface area contributed by atoms with E-state index in [0.29, 0.717) is 17.2 Å². The van der Waals surface area contributed by atoms with E-state index in [1.54, 1.807) is 24.3 Å². The third-order valence-electron chi connectivity index (χ3n) is 3.23. The fourth-order valence-electron chi connectivity index (χ4n) is 2.07. The lowest BCUT2D eigenvalue weighted by molar-refractivity contribution is -0.120. The summed E-state index contributed by atoms with van der Waals surface area (Å²) in [5, 5.41) is 0.652. The van der Waals surface area contributed by atoms with Gasteiger partial charge < -0.3 is 4.74 Å². The van der Waals surface area contributed by atoms with Crippen molar-refractivity contribution >= 4 is 17.4 Å². The predicted molar refractivity (Wildman–Crippen MR) is 81.6 cm³/mol. The summed E-state index contributed by atoms with van der Waals surface area (Å²) in [6.07, 6.45) is 0.409. The van der Waals surface area contributed by atoms with Crippen LogP contribution in [0.4, 0.5) is 0 Å². The molecule has 104 valence electrons. The van der Waals surface area contributed by atoms with Crippen molar-refractivity contribution in [2.45, 2.75) is 20.3 Å². The number of carbonyl (C=O) groups excluding carboxylic acids is 1. The van der Waals surface area contributed by atoms with Crippen LogP contribution in [0.1, 0.15) is 16.7 Å². The summed E-state index contributed by atoms with van der Waals surface area (Å²) >= 11 is 5.79. The zero-order chi connectivity index (χ0) is 14.5. The molecule has 0 saturated carbocycles. The fourth-order valence-corrected chi connectivity index (χ4v) is 2.20. The van der Waals surface area contributed by atoms with Gasteiger partial charge in [-0.25, -0.2) is 0 Å². The minimum Gasteiger partial charge on any atom is -0.486 e. The van der Waals surface area contributed by atoms with Gasteiger partial charge in [0, 0.05) is 11.4 Å². The third-order valence-corrected chi connectivity index (χ3v) is 3.48. The molecule has 0 spiro atoms. The molecule has 2 nitrogen and oxygen atoms in total. The number of hydrogen-bond acceptors (Lipinski definition) is 2. The summed E-state index contributed by atoms with van der Waals surface area (Å²) in [5.74, 6) is 0.724. The second kappa shape index (κ2) is 6.58. The lowest BCUT2D eigenvalue weighted by Gasteiger charge is -2.10. The highest BCUT2D eigenvalue weighted by atomic mass is 35.5. The maximum atomic E-state index is 12.0. The Balaban J connectivity index is 1.94. The average molecular weight is 289 g/mol. The van der Waals surface area contributed by atoms with Gasteiger partial charge in [0.1, 0.15) is 12.4 Å². The van der Waals surface area contributed by atoms with E-state index in [1.807, 2.05) is 32.0 Å². The van der Waals surface area contributed by atoms with Crippen molar-refractivity contribution in [2.24, 2.45) is 0 Å². The second-order valence-corrected chi connectivity index (χ2v) is 5.26. The highest BCUT2D eigenvalue weighted by Gasteiger charge is 2.09. The second-order valence-electron chi connectivity index (χ2n) is 4.83. The van der Waals surface area contributed by atoms with Crippen LogP contribution in [0.5, 0.6) is 5.75 Å². The van der Waals surface area contributed by atoms with Crippen LogP contribution in [0.2, 0.25) is 5.02 Å². The molecule has 0 aromatic heterocycles. The zero-order valence-electron chi connectivity index (χ0n) is 11.7. The van der Waals surface area contributed by atoms with Crippen LogP contribution in [-0.4, -0.2) is 12.4 Å². The molecule has 0 unspecified atom stereocenters. The first-order chi connectivity index (χ1) is 9.56. The number of ether oxygens (including phenoxy) is 1. The number of Topliss-reactive ketones (excluding diaryl/α,β-unsaturated/α-hetero) is 1. The Morgan fingerprint density at radius 3 is 2.25 bits per heavy atom. The van der Waals surface area contributed by atoms with Gasteiger partial charge in [-0.2, -0.15) is 0 Å². The summed E-state index contributed by atoms with van der Waals surface area (Å²) in [6, 6.07) is 13.1. The van der Waals surface area contributed by atoms with Crippen LogP contribution < -0.4 is 4.74 Å². The van der Waals surface area contributed by atoms with Gasteiger partial charge in [0.15, 0.2) is 5.78 Å². The fraction of sp³-hybridized carbons (Fsp3) is 0.235. The van der Waals surface area contributed by atoms with Crippen LogP contribution in [0, 0.1) is 13.8 Å². The van der Waals surface area contributed by atoms with Gasteiger partial charge in [0.2, 0.25) is 0 Å². The van der Waals surface area contributed by atoms with Gasteiger partial charge in [-0.3, -0.25) is 4.79 Å². The van der Waals surface area contributed by atoms with Crippen molar-refractivity contribution in [1.29, 1.82) is 0 Å². The van der Waals surface area contributed by atoms with E-state index in [9.17, 15) is 4.79 Å². The monoisotopic (exact) mass is 288 g/mol. The summed E-state index contributed by atoms with van der Waals surface area (Å²) in [4.78, 5) is 12.0. The van der Waals surface area contributed by atoms with Gasteiger partial charge in [-0.15, -0.1) is 0 Å². The summed E-state index contributed by atoms with van der Waals surface area (Å²) in [7, 11) is 0. The van der Waals surface area contributed by atoms with Crippen LogP contribution in [-0.2, 0) is 11.2 Å². The molecule has 3 heteroatoms. The Hall–Kier alpha value is -1.80. The van der Waals surface area contributed by atoms with E-state index in [-0.39, 0.29) is 12.4 Å². The summed E-state index contributed by atoms with van der Waals surface area (Å²) < 4.78 is 5.47. The maximum absolute atomic E-state index is 12.0. The van der Waals surface area contributed by atoms with E-state index in [4.69, 9.17) is 16.3 Å². The first-order valence-corrected chi connectivity index (χ1v) is 6.89. The Kier molecular flexibility index (Phi) is 4.80. The molecule has 0 radical (unpaired) electrons. The number of ketones is 1. The molecule has 0 aliphatic heterocycles. The Morgan fingerprint density at radius 2 is 1.65 bits per heavy atom. The average Bonchev–Trinajstić information content (AvgIpc) is 2.42. The van der Waals surface area contributed by atoms with Crippen LogP contribution in [0.25, 0.3) is 0 Å². The molecule has 0 aliphatic rings. The molecule has 2 aromatic carbocycles. The SMILES string of the molecule is Cc1cccc(C)c1CC(=O)COc1ccc(Cl)cc1. The highest BCUT2D eigenvalue weighted by molar-refractivity contribution is 6.30. The number of rotatable bonds is 5. The molecule has 0 fully saturated rings. The molecule has 2 aromatic rings. The minimum atomic E-state index is 0.0670. The lowest BCUT2D eigenvalue weighted by atomic mass is 9.98. The van der Waals surface area contributed by atoms with Gasteiger partial charge >= 0.3 is 0 Å². The standard InChI is InChI=1S/C17H17ClO2/c1-12-4-3-5-13(2)17(12)10-15(19)11-20-16-8-6-14(18)7-9-16/h3-9H,10-11H2,1-2H3. The lowest BCUT2D eigenvalue weighted by Crippen LogP contribution is -2.15. The predicted octanol–water partition coefficient (Wildman–Crippen LogP) is 4.15. The smallest absolute Gasteiger partial charge is 0.174 e. The van der Waals surface area contributed by atoms with E-state index in [2.05, 4.69) is 0 Å². The number of halogens is 1. The number of hydrogen-bond donors (Lipinski definition) is 0. The molecule has 0 bridgehead atoms. The normalized spacial score (nSPS) is 10.3. The first-order valence-electron chi connectivity index (χ1n) is 6.51. The van der Waals surface area contributed by atoms with Crippen molar-refractivity contribution in [3.63, 3.8) is 0 Å². The van der Waals surface area contributed by atoms with E-state index >= 15 is 0 Å². The number of benzene rings is 2. The molecule has 2 rings (SSSR count). The van der Waals surface area contributed by atoms with E-state index in [1.165, 1.54) is 0 Å². The van der Waals surface area contributed by atoms with Gasteiger partial charge in [-0.05, 0) is 54.8 Å². The molecule has 0 N–H and O–H groups in total. The molecule has 20 heavy (non-hydrogen) atoms. The van der Waals surface area contributed by atoms with E-state index < -0.39 is 0 Å². The van der Waals surface area contributed by atoms with E-state index in [0.717, 1.165) is 16.7 Å². The van der Waals surface area contributed by atoms with Crippen LogP contribution >= 0.6 is 11.6 Å². The van der Waals surface area contributed by atoms with Crippen molar-refractivity contribution in [3.05, 3.63) is 64.2 Å². The van der Waals surface area contributed by atoms with Gasteiger partial charge in [0.25, 0.3) is 0 Å². The molecule has 0 amide bonds. The number of aryl methyl sites for hydroxylation is 2. The largest absolute Gasteiger partial charge is 0.486 e. The highest BCUT2D eigenvalue weighted by Crippen LogP contribution is 2.17. The summed E-state index contributed by atoms with van der Waals surface area (Å²) in [5.41, 5.74) is 3.38. The zero-order valence-corrected chi connectivity index (χ0v) is 12.4. The number of carbonyl (C=O) groups is 1. The molecule has 0 saturated heterocycles. The summed E-state index contributed by atoms with van der Waals surface area (Å²) in [6.45, 7) is 4.13. The van der Waals surface area contributed by atoms with Crippen molar-refractivity contribution in [2.75, 3.05) is 6.61 Å². The van der Waals surface area contributed by atoms with Crippen LogP contribution in [0.3, 0.4) is 0 Å². The molecule has 0 heterocycles. The van der Waals surface area contributed by atoms with Gasteiger partial charge in [-0.1, -0.05) is 29.8 Å².